The zero-order chi connectivity index (χ0) is 28.0. The smallest absolute Gasteiger partial charge is 0.407 e. The van der Waals surface area contributed by atoms with Crippen molar-refractivity contribution in [2.75, 3.05) is 5.32 Å². The van der Waals surface area contributed by atoms with Gasteiger partial charge >= 0.3 is 12.1 Å². The first-order valence-electron chi connectivity index (χ1n) is 12.0. The number of amides is 2. The summed E-state index contributed by atoms with van der Waals surface area (Å²) >= 11 is 3.42. The molecule has 38 heavy (non-hydrogen) atoms. The van der Waals surface area contributed by atoms with Crippen LogP contribution in [0.1, 0.15) is 54.7 Å². The van der Waals surface area contributed by atoms with Crippen LogP contribution in [0.3, 0.4) is 0 Å². The molecule has 0 aliphatic rings. The summed E-state index contributed by atoms with van der Waals surface area (Å²) in [6, 6.07) is 14.7. The number of ether oxygens (including phenoxy) is 1. The zero-order valence-electron chi connectivity index (χ0n) is 21.7. The lowest BCUT2D eigenvalue weighted by atomic mass is 10.00. The van der Waals surface area contributed by atoms with E-state index in [4.69, 9.17) is 4.74 Å². The summed E-state index contributed by atoms with van der Waals surface area (Å²) in [5.74, 6) is -1.93. The fourth-order valence-corrected chi connectivity index (χ4v) is 4.28. The predicted octanol–water partition coefficient (Wildman–Crippen LogP) is 6.72. The summed E-state index contributed by atoms with van der Waals surface area (Å²) in [5.41, 5.74) is 3.14. The van der Waals surface area contributed by atoms with E-state index in [0.717, 1.165) is 12.0 Å². The summed E-state index contributed by atoms with van der Waals surface area (Å²) < 4.78 is 20.3. The Labute approximate surface area is 229 Å². The van der Waals surface area contributed by atoms with E-state index in [-0.39, 0.29) is 13.0 Å². The minimum absolute atomic E-state index is 0.0567. The van der Waals surface area contributed by atoms with E-state index in [1.54, 1.807) is 57.2 Å². The highest BCUT2D eigenvalue weighted by molar-refractivity contribution is 9.10. The lowest BCUT2D eigenvalue weighted by molar-refractivity contribution is -0.136. The van der Waals surface area contributed by atoms with Crippen molar-refractivity contribution < 1.29 is 28.6 Å². The van der Waals surface area contributed by atoms with E-state index >= 15 is 0 Å². The van der Waals surface area contributed by atoms with Crippen molar-refractivity contribution in [1.82, 2.24) is 5.32 Å². The maximum absolute atomic E-state index is 14.5. The Balaban J connectivity index is 1.85. The van der Waals surface area contributed by atoms with E-state index in [1.165, 1.54) is 12.1 Å². The molecule has 200 valence electrons. The van der Waals surface area contributed by atoms with Gasteiger partial charge in [0.2, 0.25) is 0 Å². The fourth-order valence-electron chi connectivity index (χ4n) is 3.79. The molecule has 0 fully saturated rings. The molecule has 3 aromatic rings. The molecule has 0 aliphatic carbocycles. The van der Waals surface area contributed by atoms with E-state index < -0.39 is 29.4 Å². The van der Waals surface area contributed by atoms with E-state index in [2.05, 4.69) is 26.6 Å². The van der Waals surface area contributed by atoms with Gasteiger partial charge < -0.3 is 20.5 Å². The van der Waals surface area contributed by atoms with E-state index in [0.29, 0.717) is 38.0 Å². The molecule has 2 amide bonds. The molecule has 7 nitrogen and oxygen atoms in total. The fraction of sp³-hybridized carbons (Fsp3) is 0.276. The number of halogens is 2. The Hall–Kier alpha value is -3.72. The highest BCUT2D eigenvalue weighted by Crippen LogP contribution is 2.28. The average Bonchev–Trinajstić information content (AvgIpc) is 2.81. The van der Waals surface area contributed by atoms with Crippen LogP contribution in [-0.2, 0) is 28.9 Å². The molecular formula is C29H30BrFN2O5. The Bertz CT molecular complexity index is 1370. The summed E-state index contributed by atoms with van der Waals surface area (Å²) in [6.45, 7) is 7.27. The van der Waals surface area contributed by atoms with Gasteiger partial charge in [-0.3, -0.25) is 9.59 Å². The third kappa shape index (κ3) is 8.41. The van der Waals surface area contributed by atoms with Crippen molar-refractivity contribution in [1.29, 1.82) is 0 Å². The number of rotatable bonds is 8. The molecule has 0 aliphatic heterocycles. The molecule has 3 rings (SSSR count). The molecule has 0 radical (unpaired) electrons. The Morgan fingerprint density at radius 1 is 0.974 bits per heavy atom. The quantitative estimate of drug-likeness (QED) is 0.272. The summed E-state index contributed by atoms with van der Waals surface area (Å²) in [5, 5.41) is 14.7. The Morgan fingerprint density at radius 2 is 1.68 bits per heavy atom. The first-order valence-corrected chi connectivity index (χ1v) is 12.8. The van der Waals surface area contributed by atoms with Crippen molar-refractivity contribution in [2.45, 2.75) is 52.7 Å². The number of benzene rings is 3. The number of carbonyl (C=O) groups is 3. The summed E-state index contributed by atoms with van der Waals surface area (Å²) in [7, 11) is 0. The number of aryl methyl sites for hydroxylation is 1. The van der Waals surface area contributed by atoms with Gasteiger partial charge in [0.05, 0.1) is 6.42 Å². The molecule has 0 saturated carbocycles. The normalized spacial score (nSPS) is 11.1. The molecule has 0 saturated heterocycles. The topological polar surface area (TPSA) is 105 Å². The van der Waals surface area contributed by atoms with Crippen LogP contribution in [0.2, 0.25) is 0 Å². The molecule has 0 heterocycles. The number of anilines is 1. The van der Waals surface area contributed by atoms with Gasteiger partial charge in [0.15, 0.2) is 0 Å². The lowest BCUT2D eigenvalue weighted by Crippen LogP contribution is -2.32. The predicted molar refractivity (Wildman–Crippen MR) is 148 cm³/mol. The molecule has 0 unspecified atom stereocenters. The van der Waals surface area contributed by atoms with Gasteiger partial charge in [-0.05, 0) is 97.5 Å². The maximum atomic E-state index is 14.5. The summed E-state index contributed by atoms with van der Waals surface area (Å²) in [6.07, 6.45) is -0.103. The number of carbonyl (C=O) groups excluding carboxylic acids is 2. The second-order valence-electron chi connectivity index (χ2n) is 9.80. The summed E-state index contributed by atoms with van der Waals surface area (Å²) in [4.78, 5) is 36.5. The van der Waals surface area contributed by atoms with Crippen molar-refractivity contribution in [3.8, 4) is 11.1 Å². The molecule has 3 N–H and O–H groups in total. The largest absolute Gasteiger partial charge is 0.481 e. The Kier molecular flexibility index (Phi) is 9.27. The van der Waals surface area contributed by atoms with Crippen LogP contribution in [0, 0.1) is 5.82 Å². The molecule has 0 bridgehead atoms. The average molecular weight is 585 g/mol. The molecule has 0 atom stereocenters. The molecule has 9 heteroatoms. The third-order valence-corrected chi connectivity index (χ3v) is 5.91. The first-order chi connectivity index (χ1) is 17.8. The second-order valence-corrected chi connectivity index (χ2v) is 10.7. The van der Waals surface area contributed by atoms with Crippen LogP contribution < -0.4 is 10.6 Å². The maximum Gasteiger partial charge on any atom is 0.407 e. The van der Waals surface area contributed by atoms with Crippen molar-refractivity contribution >= 4 is 39.6 Å². The van der Waals surface area contributed by atoms with Crippen molar-refractivity contribution in [3.63, 3.8) is 0 Å². The number of alkyl carbamates (subject to hydrolysis) is 1. The monoisotopic (exact) mass is 584 g/mol. The number of carboxylic acids is 1. The molecule has 0 aromatic heterocycles. The van der Waals surface area contributed by atoms with Gasteiger partial charge in [-0.1, -0.05) is 35.0 Å². The van der Waals surface area contributed by atoms with Gasteiger partial charge in [-0.15, -0.1) is 0 Å². The van der Waals surface area contributed by atoms with Gasteiger partial charge in [-0.25, -0.2) is 9.18 Å². The number of aliphatic carboxylic acids is 1. The third-order valence-electron chi connectivity index (χ3n) is 5.45. The highest BCUT2D eigenvalue weighted by atomic mass is 79.9. The van der Waals surface area contributed by atoms with E-state index in [9.17, 15) is 23.9 Å². The number of hydrogen-bond acceptors (Lipinski definition) is 4. The Morgan fingerprint density at radius 3 is 2.34 bits per heavy atom. The SMILES string of the molecule is CCc1ccc(NC(=O)c2cc(Br)cc(-c3cc(F)cc(CNC(=O)OC(C)(C)C)c3)c2)c(CC(=O)O)c1. The van der Waals surface area contributed by atoms with Crippen LogP contribution in [0.5, 0.6) is 0 Å². The first kappa shape index (κ1) is 28.8. The molecule has 0 spiro atoms. The van der Waals surface area contributed by atoms with E-state index in [1.807, 2.05) is 13.0 Å². The molecule has 3 aromatic carbocycles. The van der Waals surface area contributed by atoms with Crippen molar-refractivity contribution in [3.05, 3.63) is 87.1 Å². The number of nitrogens with one attached hydrogen (secondary N) is 2. The second kappa shape index (κ2) is 12.2. The van der Waals surface area contributed by atoms with Crippen LogP contribution in [-0.4, -0.2) is 28.7 Å². The van der Waals surface area contributed by atoms with Gasteiger partial charge in [0.1, 0.15) is 11.4 Å². The van der Waals surface area contributed by atoms with Crippen LogP contribution in [0.25, 0.3) is 11.1 Å². The molecular weight excluding hydrogens is 555 g/mol. The van der Waals surface area contributed by atoms with Gasteiger partial charge in [0.25, 0.3) is 5.91 Å². The van der Waals surface area contributed by atoms with Gasteiger partial charge in [0, 0.05) is 22.3 Å². The van der Waals surface area contributed by atoms with Gasteiger partial charge in [-0.2, -0.15) is 0 Å². The lowest BCUT2D eigenvalue weighted by Gasteiger charge is -2.19. The van der Waals surface area contributed by atoms with Crippen LogP contribution in [0.15, 0.2) is 59.1 Å². The number of hydrogen-bond donors (Lipinski definition) is 3. The highest BCUT2D eigenvalue weighted by Gasteiger charge is 2.17. The van der Waals surface area contributed by atoms with Crippen LogP contribution >= 0.6 is 15.9 Å². The minimum Gasteiger partial charge on any atom is -0.481 e. The standard InChI is InChI=1S/C29H30BrFN2O5/c1-5-17-6-7-25(21(8-17)15-26(34)35)33-27(36)22-11-20(12-23(30)13-22)19-9-18(10-24(31)14-19)16-32-28(37)38-29(2,3)4/h6-14H,5,15-16H2,1-4H3,(H,32,37)(H,33,36)(H,34,35). The van der Waals surface area contributed by atoms with Crippen molar-refractivity contribution in [2.24, 2.45) is 0 Å². The zero-order valence-corrected chi connectivity index (χ0v) is 23.2. The van der Waals surface area contributed by atoms with Crippen LogP contribution in [0.4, 0.5) is 14.9 Å². The minimum atomic E-state index is -0.999. The number of carboxylic acid groups (broad SMARTS) is 1.